The highest BCUT2D eigenvalue weighted by Crippen LogP contribution is 2.31. The van der Waals surface area contributed by atoms with Gasteiger partial charge in [0.1, 0.15) is 4.90 Å². The predicted octanol–water partition coefficient (Wildman–Crippen LogP) is -0.123. The molecule has 2 aliphatic rings. The number of nitrogens with zero attached hydrogens (tertiary/aromatic N) is 3. The van der Waals surface area contributed by atoms with Gasteiger partial charge in [-0.3, -0.25) is 10.00 Å². The first-order valence-corrected chi connectivity index (χ1v) is 8.89. The van der Waals surface area contributed by atoms with Crippen LogP contribution in [0.4, 0.5) is 0 Å². The molecule has 1 aliphatic heterocycles. The third-order valence-electron chi connectivity index (χ3n) is 4.33. The van der Waals surface area contributed by atoms with Crippen LogP contribution >= 0.6 is 0 Å². The Morgan fingerprint density at radius 1 is 1.38 bits per heavy atom. The topological polar surface area (TPSA) is 89.5 Å². The molecule has 0 radical (unpaired) electrons. The Bertz CT molecular complexity index is 556. The molecule has 2 N–H and O–H groups in total. The fourth-order valence-electron chi connectivity index (χ4n) is 2.91. The summed E-state index contributed by atoms with van der Waals surface area (Å²) in [6.07, 6.45) is 5.92. The van der Waals surface area contributed by atoms with Crippen molar-refractivity contribution in [2.45, 2.75) is 30.2 Å². The molecule has 0 aromatic carbocycles. The molecule has 1 aliphatic carbocycles. The van der Waals surface area contributed by atoms with Crippen molar-refractivity contribution >= 4 is 10.0 Å². The summed E-state index contributed by atoms with van der Waals surface area (Å²) in [5.41, 5.74) is 0. The van der Waals surface area contributed by atoms with Crippen molar-refractivity contribution < 1.29 is 13.5 Å². The minimum atomic E-state index is -3.47. The third-order valence-corrected chi connectivity index (χ3v) is 6.16. The highest BCUT2D eigenvalue weighted by molar-refractivity contribution is 7.89. The second-order valence-electron chi connectivity index (χ2n) is 5.90. The van der Waals surface area contributed by atoms with Crippen molar-refractivity contribution in [3.63, 3.8) is 0 Å². The van der Waals surface area contributed by atoms with Crippen LogP contribution in [0.5, 0.6) is 0 Å². The molecule has 1 atom stereocenters. The molecule has 118 valence electrons. The van der Waals surface area contributed by atoms with Crippen molar-refractivity contribution in [1.29, 1.82) is 0 Å². The summed E-state index contributed by atoms with van der Waals surface area (Å²) in [6.45, 7) is 2.80. The SMILES string of the molecule is O=S(=O)(c1cn[nH]c1)N1CCN(CC2CC2)C(CCO)C1. The van der Waals surface area contributed by atoms with Gasteiger partial charge in [-0.2, -0.15) is 9.40 Å². The molecular formula is C13H22N4O3S. The fraction of sp³-hybridized carbons (Fsp3) is 0.769. The van der Waals surface area contributed by atoms with Crippen molar-refractivity contribution in [3.8, 4) is 0 Å². The normalized spacial score (nSPS) is 25.3. The van der Waals surface area contributed by atoms with E-state index in [9.17, 15) is 13.5 Å². The molecule has 1 aromatic heterocycles. The number of aromatic nitrogens is 2. The van der Waals surface area contributed by atoms with E-state index >= 15 is 0 Å². The summed E-state index contributed by atoms with van der Waals surface area (Å²) in [6, 6.07) is 0.103. The molecule has 2 fully saturated rings. The lowest BCUT2D eigenvalue weighted by Crippen LogP contribution is -2.55. The van der Waals surface area contributed by atoms with E-state index in [0.717, 1.165) is 19.0 Å². The molecule has 3 rings (SSSR count). The number of aromatic amines is 1. The van der Waals surface area contributed by atoms with Crippen LogP contribution in [0.2, 0.25) is 0 Å². The molecule has 0 bridgehead atoms. The minimum Gasteiger partial charge on any atom is -0.396 e. The monoisotopic (exact) mass is 314 g/mol. The lowest BCUT2D eigenvalue weighted by atomic mass is 10.1. The van der Waals surface area contributed by atoms with Gasteiger partial charge in [0, 0.05) is 45.0 Å². The number of hydrogen-bond acceptors (Lipinski definition) is 5. The van der Waals surface area contributed by atoms with Crippen LogP contribution < -0.4 is 0 Å². The average molecular weight is 314 g/mol. The van der Waals surface area contributed by atoms with Gasteiger partial charge in [-0.25, -0.2) is 8.42 Å². The van der Waals surface area contributed by atoms with E-state index in [-0.39, 0.29) is 17.5 Å². The lowest BCUT2D eigenvalue weighted by molar-refractivity contribution is 0.0915. The zero-order chi connectivity index (χ0) is 14.9. The quantitative estimate of drug-likeness (QED) is 0.764. The summed E-state index contributed by atoms with van der Waals surface area (Å²) in [5, 5.41) is 15.5. The van der Waals surface area contributed by atoms with E-state index in [2.05, 4.69) is 15.1 Å². The maximum absolute atomic E-state index is 12.5. The highest BCUT2D eigenvalue weighted by Gasteiger charge is 2.36. The van der Waals surface area contributed by atoms with Crippen molar-refractivity contribution in [2.75, 3.05) is 32.8 Å². The average Bonchev–Trinajstić information content (AvgIpc) is 3.10. The number of aliphatic hydroxyl groups is 1. The van der Waals surface area contributed by atoms with Gasteiger partial charge in [0.15, 0.2) is 0 Å². The number of aliphatic hydroxyl groups excluding tert-OH is 1. The number of rotatable bonds is 6. The maximum Gasteiger partial charge on any atom is 0.246 e. The van der Waals surface area contributed by atoms with Crippen LogP contribution in [-0.2, 0) is 10.0 Å². The van der Waals surface area contributed by atoms with Gasteiger partial charge >= 0.3 is 0 Å². The number of nitrogens with one attached hydrogen (secondary N) is 1. The first-order chi connectivity index (χ1) is 10.1. The Kier molecular flexibility index (Phi) is 4.30. The van der Waals surface area contributed by atoms with Crippen LogP contribution in [0.15, 0.2) is 17.3 Å². The summed E-state index contributed by atoms with van der Waals surface area (Å²) >= 11 is 0. The van der Waals surface area contributed by atoms with E-state index in [1.165, 1.54) is 29.5 Å². The summed E-state index contributed by atoms with van der Waals surface area (Å²) in [7, 11) is -3.47. The van der Waals surface area contributed by atoms with E-state index < -0.39 is 10.0 Å². The molecule has 0 spiro atoms. The first-order valence-electron chi connectivity index (χ1n) is 7.45. The predicted molar refractivity (Wildman–Crippen MR) is 77.1 cm³/mol. The van der Waals surface area contributed by atoms with E-state index in [1.807, 2.05) is 0 Å². The molecule has 1 aromatic rings. The first kappa shape index (κ1) is 15.0. The zero-order valence-corrected chi connectivity index (χ0v) is 12.8. The largest absolute Gasteiger partial charge is 0.396 e. The molecule has 2 heterocycles. The second kappa shape index (κ2) is 6.04. The van der Waals surface area contributed by atoms with E-state index in [0.29, 0.717) is 19.5 Å². The Balaban J connectivity index is 1.71. The standard InChI is InChI=1S/C13H22N4O3S/c18-6-3-12-10-17(5-4-16(12)9-11-1-2-11)21(19,20)13-7-14-15-8-13/h7-8,11-12,18H,1-6,9-10H2,(H,14,15). The Morgan fingerprint density at radius 2 is 2.19 bits per heavy atom. The van der Waals surface area contributed by atoms with Crippen molar-refractivity contribution in [2.24, 2.45) is 5.92 Å². The Morgan fingerprint density at radius 3 is 2.81 bits per heavy atom. The molecule has 1 unspecified atom stereocenters. The van der Waals surface area contributed by atoms with E-state index in [1.54, 1.807) is 0 Å². The van der Waals surface area contributed by atoms with Gasteiger partial charge in [0.05, 0.1) is 6.20 Å². The van der Waals surface area contributed by atoms with Gasteiger partial charge < -0.3 is 5.11 Å². The molecule has 8 heteroatoms. The van der Waals surface area contributed by atoms with Crippen LogP contribution in [0.3, 0.4) is 0 Å². The highest BCUT2D eigenvalue weighted by atomic mass is 32.2. The number of hydrogen-bond donors (Lipinski definition) is 2. The number of H-pyrrole nitrogens is 1. The van der Waals surface area contributed by atoms with Crippen molar-refractivity contribution in [1.82, 2.24) is 19.4 Å². The molecular weight excluding hydrogens is 292 g/mol. The molecule has 0 amide bonds. The summed E-state index contributed by atoms with van der Waals surface area (Å²) in [4.78, 5) is 2.55. The maximum atomic E-state index is 12.5. The number of piperazine rings is 1. The third kappa shape index (κ3) is 3.28. The van der Waals surface area contributed by atoms with Gasteiger partial charge in [-0.15, -0.1) is 0 Å². The number of sulfonamides is 1. The summed E-state index contributed by atoms with van der Waals surface area (Å²) in [5.74, 6) is 0.767. The minimum absolute atomic E-state index is 0.0887. The fourth-order valence-corrected chi connectivity index (χ4v) is 4.28. The van der Waals surface area contributed by atoms with E-state index in [4.69, 9.17) is 0 Å². The van der Waals surface area contributed by atoms with Gasteiger partial charge in [0.25, 0.3) is 0 Å². The van der Waals surface area contributed by atoms with Gasteiger partial charge in [-0.1, -0.05) is 0 Å². The Labute approximate surface area is 125 Å². The molecule has 1 saturated heterocycles. The molecule has 7 nitrogen and oxygen atoms in total. The summed E-state index contributed by atoms with van der Waals surface area (Å²) < 4.78 is 26.6. The lowest BCUT2D eigenvalue weighted by Gasteiger charge is -2.40. The zero-order valence-electron chi connectivity index (χ0n) is 12.0. The van der Waals surface area contributed by atoms with Crippen LogP contribution in [0.25, 0.3) is 0 Å². The Hall–Kier alpha value is -0.960. The van der Waals surface area contributed by atoms with Crippen molar-refractivity contribution in [3.05, 3.63) is 12.4 Å². The van der Waals surface area contributed by atoms with Crippen LogP contribution in [0, 0.1) is 5.92 Å². The molecule has 21 heavy (non-hydrogen) atoms. The smallest absolute Gasteiger partial charge is 0.246 e. The van der Waals surface area contributed by atoms with Crippen LogP contribution in [-0.4, -0.2) is 71.8 Å². The molecule has 1 saturated carbocycles. The van der Waals surface area contributed by atoms with Gasteiger partial charge in [0.2, 0.25) is 10.0 Å². The van der Waals surface area contributed by atoms with Gasteiger partial charge in [-0.05, 0) is 25.2 Å². The van der Waals surface area contributed by atoms with Crippen LogP contribution in [0.1, 0.15) is 19.3 Å². The second-order valence-corrected chi connectivity index (χ2v) is 7.84.